The molecule has 2 unspecified atom stereocenters. The third-order valence-corrected chi connectivity index (χ3v) is 5.07. The van der Waals surface area contributed by atoms with E-state index in [0.29, 0.717) is 6.61 Å². The van der Waals surface area contributed by atoms with Gasteiger partial charge in [-0.3, -0.25) is 0 Å². The van der Waals surface area contributed by atoms with Crippen molar-refractivity contribution in [2.45, 2.75) is 69.5 Å². The molecule has 0 aromatic heterocycles. The lowest BCUT2D eigenvalue weighted by Gasteiger charge is -2.17. The van der Waals surface area contributed by atoms with Gasteiger partial charge >= 0.3 is 5.97 Å². The van der Waals surface area contributed by atoms with E-state index < -0.39 is 11.2 Å². The number of esters is 1. The number of ether oxygens (including phenoxy) is 2. The van der Waals surface area contributed by atoms with Crippen LogP contribution in [0.4, 0.5) is 0 Å². The third-order valence-electron chi connectivity index (χ3n) is 5.07. The molecule has 2 aliphatic rings. The molecule has 2 atom stereocenters. The van der Waals surface area contributed by atoms with Crippen molar-refractivity contribution in [1.29, 1.82) is 0 Å². The molecule has 0 N–H and O–H groups in total. The summed E-state index contributed by atoms with van der Waals surface area (Å²) in [6, 6.07) is 10.2. The molecule has 3 heteroatoms. The molecule has 1 saturated carbocycles. The minimum Gasteiger partial charge on any atom is -0.463 e. The van der Waals surface area contributed by atoms with E-state index in [2.05, 4.69) is 19.1 Å². The summed E-state index contributed by atoms with van der Waals surface area (Å²) >= 11 is 0. The summed E-state index contributed by atoms with van der Waals surface area (Å²) in [6.07, 6.45) is 8.20. The van der Waals surface area contributed by atoms with Crippen LogP contribution in [-0.2, 0) is 19.9 Å². The predicted octanol–water partition coefficient (Wildman–Crippen LogP) is 4.35. The van der Waals surface area contributed by atoms with Crippen LogP contribution in [0.1, 0.15) is 63.9 Å². The summed E-state index contributed by atoms with van der Waals surface area (Å²) in [5, 5.41) is 0. The minimum absolute atomic E-state index is 0.144. The Labute approximate surface area is 133 Å². The zero-order valence-corrected chi connectivity index (χ0v) is 13.5. The van der Waals surface area contributed by atoms with Gasteiger partial charge in [-0.25, -0.2) is 4.79 Å². The van der Waals surface area contributed by atoms with Gasteiger partial charge in [0.1, 0.15) is 5.60 Å². The molecule has 2 fully saturated rings. The molecular formula is C19H26O3. The minimum atomic E-state index is -0.725. The fourth-order valence-electron chi connectivity index (χ4n) is 3.79. The van der Waals surface area contributed by atoms with E-state index in [0.717, 1.165) is 50.5 Å². The molecular weight excluding hydrogens is 276 g/mol. The van der Waals surface area contributed by atoms with Gasteiger partial charge in [0.2, 0.25) is 0 Å². The third kappa shape index (κ3) is 2.56. The Morgan fingerprint density at radius 1 is 1.14 bits per heavy atom. The van der Waals surface area contributed by atoms with Crippen LogP contribution >= 0.6 is 0 Å². The standard InChI is InChI=1S/C19H26O3/c1-2-3-10-15-21-17(20)19-14-9-5-8-13-18(19,22-19)16-11-6-4-7-12-16/h4,6-7,11-12H,2-3,5,8-10,13-15H2,1H3. The van der Waals surface area contributed by atoms with E-state index in [1.165, 1.54) is 6.42 Å². The van der Waals surface area contributed by atoms with Crippen molar-refractivity contribution in [3.63, 3.8) is 0 Å². The molecule has 1 aromatic rings. The predicted molar refractivity (Wildman–Crippen MR) is 85.5 cm³/mol. The number of rotatable bonds is 6. The first-order valence-electron chi connectivity index (χ1n) is 8.68. The summed E-state index contributed by atoms with van der Waals surface area (Å²) in [5.41, 5.74) is -0.0358. The van der Waals surface area contributed by atoms with Crippen LogP contribution in [0.25, 0.3) is 0 Å². The Balaban J connectivity index is 1.76. The second kappa shape index (κ2) is 6.41. The normalized spacial score (nSPS) is 30.2. The smallest absolute Gasteiger partial charge is 0.341 e. The second-order valence-electron chi connectivity index (χ2n) is 6.53. The second-order valence-corrected chi connectivity index (χ2v) is 6.53. The van der Waals surface area contributed by atoms with Crippen LogP contribution in [0.15, 0.2) is 30.3 Å². The van der Waals surface area contributed by atoms with Gasteiger partial charge in [0.05, 0.1) is 6.61 Å². The Bertz CT molecular complexity index is 513. The summed E-state index contributed by atoms with van der Waals surface area (Å²) in [4.78, 5) is 12.7. The summed E-state index contributed by atoms with van der Waals surface area (Å²) in [7, 11) is 0. The lowest BCUT2D eigenvalue weighted by molar-refractivity contribution is -0.150. The van der Waals surface area contributed by atoms with E-state index in [4.69, 9.17) is 9.47 Å². The molecule has 0 amide bonds. The van der Waals surface area contributed by atoms with Gasteiger partial charge in [-0.2, -0.15) is 0 Å². The van der Waals surface area contributed by atoms with Gasteiger partial charge in [0.15, 0.2) is 5.60 Å². The summed E-state index contributed by atoms with van der Waals surface area (Å²) < 4.78 is 11.7. The molecule has 120 valence electrons. The fraction of sp³-hybridized carbons (Fsp3) is 0.632. The Morgan fingerprint density at radius 2 is 1.91 bits per heavy atom. The van der Waals surface area contributed by atoms with Crippen molar-refractivity contribution < 1.29 is 14.3 Å². The zero-order chi connectivity index (χ0) is 15.5. The number of fused-ring (bicyclic) bond motifs is 1. The zero-order valence-electron chi connectivity index (χ0n) is 13.5. The van der Waals surface area contributed by atoms with Crippen LogP contribution in [0.2, 0.25) is 0 Å². The number of unbranched alkanes of at least 4 members (excludes halogenated alkanes) is 2. The molecule has 1 heterocycles. The van der Waals surface area contributed by atoms with E-state index in [-0.39, 0.29) is 5.97 Å². The number of benzene rings is 1. The van der Waals surface area contributed by atoms with Crippen molar-refractivity contribution in [3.8, 4) is 0 Å². The monoisotopic (exact) mass is 302 g/mol. The van der Waals surface area contributed by atoms with Crippen molar-refractivity contribution in [1.82, 2.24) is 0 Å². The Morgan fingerprint density at radius 3 is 2.68 bits per heavy atom. The maximum absolute atomic E-state index is 12.7. The molecule has 1 saturated heterocycles. The van der Waals surface area contributed by atoms with E-state index >= 15 is 0 Å². The largest absolute Gasteiger partial charge is 0.463 e. The Hall–Kier alpha value is -1.35. The van der Waals surface area contributed by atoms with Gasteiger partial charge in [-0.05, 0) is 31.2 Å². The number of hydrogen-bond acceptors (Lipinski definition) is 3. The van der Waals surface area contributed by atoms with Gasteiger partial charge in [-0.15, -0.1) is 0 Å². The average molecular weight is 302 g/mol. The van der Waals surface area contributed by atoms with Crippen molar-refractivity contribution in [2.75, 3.05) is 6.61 Å². The fourth-order valence-corrected chi connectivity index (χ4v) is 3.79. The Kier molecular flexibility index (Phi) is 4.53. The van der Waals surface area contributed by atoms with Crippen LogP contribution in [0.3, 0.4) is 0 Å². The summed E-state index contributed by atoms with van der Waals surface area (Å²) in [5.74, 6) is -0.144. The maximum atomic E-state index is 12.7. The number of epoxide rings is 1. The van der Waals surface area contributed by atoms with Crippen LogP contribution in [0, 0.1) is 0 Å². The van der Waals surface area contributed by atoms with E-state index in [9.17, 15) is 4.79 Å². The first-order valence-corrected chi connectivity index (χ1v) is 8.68. The molecule has 3 nitrogen and oxygen atoms in total. The topological polar surface area (TPSA) is 38.8 Å². The summed E-state index contributed by atoms with van der Waals surface area (Å²) in [6.45, 7) is 2.67. The van der Waals surface area contributed by atoms with Crippen LogP contribution < -0.4 is 0 Å². The highest BCUT2D eigenvalue weighted by molar-refractivity contribution is 5.85. The quantitative estimate of drug-likeness (QED) is 0.445. The van der Waals surface area contributed by atoms with Crippen molar-refractivity contribution in [2.24, 2.45) is 0 Å². The van der Waals surface area contributed by atoms with Gasteiger partial charge < -0.3 is 9.47 Å². The van der Waals surface area contributed by atoms with Crippen molar-refractivity contribution in [3.05, 3.63) is 35.9 Å². The number of hydrogen-bond donors (Lipinski definition) is 0. The molecule has 0 spiro atoms. The van der Waals surface area contributed by atoms with E-state index in [1.807, 2.05) is 18.2 Å². The SMILES string of the molecule is CCCCCOC(=O)C12CCCCCC1(c1ccccc1)O2. The molecule has 1 aromatic carbocycles. The maximum Gasteiger partial charge on any atom is 0.341 e. The van der Waals surface area contributed by atoms with Crippen molar-refractivity contribution >= 4 is 5.97 Å². The molecule has 1 aliphatic heterocycles. The highest BCUT2D eigenvalue weighted by Crippen LogP contribution is 2.63. The van der Waals surface area contributed by atoms with Gasteiger partial charge in [0.25, 0.3) is 0 Å². The molecule has 1 aliphatic carbocycles. The highest BCUT2D eigenvalue weighted by atomic mass is 16.7. The average Bonchev–Trinajstić information content (AvgIpc) is 3.24. The first-order chi connectivity index (χ1) is 10.8. The van der Waals surface area contributed by atoms with Crippen LogP contribution in [-0.4, -0.2) is 18.2 Å². The molecule has 0 bridgehead atoms. The number of carbonyl (C=O) groups excluding carboxylic acids is 1. The highest BCUT2D eigenvalue weighted by Gasteiger charge is 2.75. The molecule has 0 radical (unpaired) electrons. The van der Waals surface area contributed by atoms with Gasteiger partial charge in [-0.1, -0.05) is 62.9 Å². The lowest BCUT2D eigenvalue weighted by Crippen LogP contribution is -2.34. The van der Waals surface area contributed by atoms with Crippen LogP contribution in [0.5, 0.6) is 0 Å². The van der Waals surface area contributed by atoms with Gasteiger partial charge in [0, 0.05) is 0 Å². The first kappa shape index (κ1) is 15.5. The molecule has 22 heavy (non-hydrogen) atoms. The lowest BCUT2D eigenvalue weighted by atomic mass is 9.82. The molecule has 3 rings (SSSR count). The van der Waals surface area contributed by atoms with E-state index in [1.54, 1.807) is 0 Å². The number of carbonyl (C=O) groups is 1.